The average Bonchev–Trinajstić information content (AvgIpc) is 3.17. The van der Waals surface area contributed by atoms with E-state index in [0.29, 0.717) is 6.04 Å². The van der Waals surface area contributed by atoms with Gasteiger partial charge in [-0.05, 0) is 35.8 Å². The van der Waals surface area contributed by atoms with Crippen molar-refractivity contribution in [1.29, 1.82) is 0 Å². The second-order valence-electron chi connectivity index (χ2n) is 7.18. The number of ether oxygens (including phenoxy) is 1. The van der Waals surface area contributed by atoms with Gasteiger partial charge >= 0.3 is 0 Å². The number of fused-ring (bicyclic) bond motifs is 1. The minimum atomic E-state index is 0. The Morgan fingerprint density at radius 2 is 1.62 bits per heavy atom. The Hall–Kier alpha value is -1.000. The standard InChI is InChI=1S/C21H28N2O.2ClH/c1-24-20-11-10-19(17-8-4-5-9-18(17)20)21(16-6-2-3-7-16)23-14-12-22-13-15-23;;/h4-5,8-11,16,21-22H,2-3,6-7,12-15H2,1H3;2*1H/t21-;;/m0../s1. The molecule has 0 aromatic heterocycles. The lowest BCUT2D eigenvalue weighted by Gasteiger charge is -2.39. The minimum Gasteiger partial charge on any atom is -0.496 e. The van der Waals surface area contributed by atoms with Crippen molar-refractivity contribution < 1.29 is 4.74 Å². The van der Waals surface area contributed by atoms with E-state index in [0.717, 1.165) is 37.8 Å². The molecule has 0 spiro atoms. The van der Waals surface area contributed by atoms with Gasteiger partial charge < -0.3 is 10.1 Å². The van der Waals surface area contributed by atoms with Gasteiger partial charge in [-0.1, -0.05) is 43.2 Å². The molecule has 0 unspecified atom stereocenters. The maximum atomic E-state index is 5.61. The zero-order chi connectivity index (χ0) is 16.4. The van der Waals surface area contributed by atoms with Crippen LogP contribution < -0.4 is 10.1 Å². The molecule has 1 N–H and O–H groups in total. The molecule has 2 fully saturated rings. The number of piperazine rings is 1. The lowest BCUT2D eigenvalue weighted by atomic mass is 9.86. The van der Waals surface area contributed by atoms with Gasteiger partial charge in [0.2, 0.25) is 0 Å². The van der Waals surface area contributed by atoms with Crippen molar-refractivity contribution in [2.45, 2.75) is 31.7 Å². The number of methoxy groups -OCH3 is 1. The van der Waals surface area contributed by atoms with Crippen LogP contribution in [0.3, 0.4) is 0 Å². The Labute approximate surface area is 169 Å². The summed E-state index contributed by atoms with van der Waals surface area (Å²) in [6.45, 7) is 4.53. The van der Waals surface area contributed by atoms with Crippen LogP contribution in [0.5, 0.6) is 5.75 Å². The topological polar surface area (TPSA) is 24.5 Å². The molecule has 2 aromatic carbocycles. The molecule has 1 saturated heterocycles. The summed E-state index contributed by atoms with van der Waals surface area (Å²) < 4.78 is 5.61. The molecule has 2 aromatic rings. The molecule has 3 nitrogen and oxygen atoms in total. The van der Waals surface area contributed by atoms with Gasteiger partial charge in [-0.15, -0.1) is 24.8 Å². The van der Waals surface area contributed by atoms with Gasteiger partial charge in [-0.25, -0.2) is 0 Å². The van der Waals surface area contributed by atoms with Crippen LogP contribution in [0.25, 0.3) is 10.8 Å². The maximum absolute atomic E-state index is 5.61. The smallest absolute Gasteiger partial charge is 0.126 e. The summed E-state index contributed by atoms with van der Waals surface area (Å²) in [7, 11) is 1.77. The van der Waals surface area contributed by atoms with Gasteiger partial charge in [0.1, 0.15) is 5.75 Å². The normalized spacial score (nSPS) is 19.6. The van der Waals surface area contributed by atoms with Crippen molar-refractivity contribution in [2.24, 2.45) is 5.92 Å². The van der Waals surface area contributed by atoms with Crippen molar-refractivity contribution >= 4 is 35.6 Å². The number of benzene rings is 2. The van der Waals surface area contributed by atoms with Gasteiger partial charge in [0.25, 0.3) is 0 Å². The minimum absolute atomic E-state index is 0. The molecule has 1 aliphatic heterocycles. The van der Waals surface area contributed by atoms with Gasteiger partial charge in [-0.3, -0.25) is 4.90 Å². The number of nitrogens with zero attached hydrogens (tertiary/aromatic N) is 1. The molecule has 0 radical (unpaired) electrons. The van der Waals surface area contributed by atoms with E-state index < -0.39 is 0 Å². The van der Waals surface area contributed by atoms with Crippen molar-refractivity contribution in [3.8, 4) is 5.75 Å². The lowest BCUT2D eigenvalue weighted by Crippen LogP contribution is -2.46. The quantitative estimate of drug-likeness (QED) is 0.800. The van der Waals surface area contributed by atoms with Crippen LogP contribution in [0.15, 0.2) is 36.4 Å². The summed E-state index contributed by atoms with van der Waals surface area (Å²) in [6, 6.07) is 13.8. The third kappa shape index (κ3) is 4.12. The first-order valence-corrected chi connectivity index (χ1v) is 9.39. The van der Waals surface area contributed by atoms with Crippen LogP contribution in [0.2, 0.25) is 0 Å². The van der Waals surface area contributed by atoms with E-state index in [4.69, 9.17) is 4.74 Å². The highest BCUT2D eigenvalue weighted by Gasteiger charge is 2.33. The highest BCUT2D eigenvalue weighted by atomic mass is 35.5. The van der Waals surface area contributed by atoms with Crippen LogP contribution in [-0.2, 0) is 0 Å². The molecule has 1 heterocycles. The van der Waals surface area contributed by atoms with E-state index in [1.54, 1.807) is 7.11 Å². The highest BCUT2D eigenvalue weighted by molar-refractivity contribution is 5.91. The summed E-state index contributed by atoms with van der Waals surface area (Å²) in [6.07, 6.45) is 5.52. The lowest BCUT2D eigenvalue weighted by molar-refractivity contribution is 0.126. The first kappa shape index (κ1) is 21.3. The fourth-order valence-electron chi connectivity index (χ4n) is 4.71. The fraction of sp³-hybridized carbons (Fsp3) is 0.524. The Morgan fingerprint density at radius 3 is 2.27 bits per heavy atom. The first-order valence-electron chi connectivity index (χ1n) is 9.39. The molecule has 2 aliphatic rings. The second-order valence-corrected chi connectivity index (χ2v) is 7.18. The summed E-state index contributed by atoms with van der Waals surface area (Å²) in [5.74, 6) is 1.78. The molecule has 0 bridgehead atoms. The van der Waals surface area contributed by atoms with Crippen molar-refractivity contribution in [3.05, 3.63) is 42.0 Å². The Balaban J connectivity index is 0.00000121. The predicted octanol–water partition coefficient (Wildman–Crippen LogP) is 4.83. The van der Waals surface area contributed by atoms with Crippen molar-refractivity contribution in [1.82, 2.24) is 10.2 Å². The van der Waals surface area contributed by atoms with Crippen molar-refractivity contribution in [3.63, 3.8) is 0 Å². The van der Waals surface area contributed by atoms with E-state index in [9.17, 15) is 0 Å². The molecule has 5 heteroatoms. The number of hydrogen-bond donors (Lipinski definition) is 1. The first-order chi connectivity index (χ1) is 11.9. The van der Waals surface area contributed by atoms with Gasteiger partial charge in [0, 0.05) is 37.6 Å². The monoisotopic (exact) mass is 396 g/mol. The number of hydrogen-bond acceptors (Lipinski definition) is 3. The summed E-state index contributed by atoms with van der Waals surface area (Å²) in [4.78, 5) is 2.72. The predicted molar refractivity (Wildman–Crippen MR) is 114 cm³/mol. The van der Waals surface area contributed by atoms with Crippen LogP contribution >= 0.6 is 24.8 Å². The second kappa shape index (κ2) is 9.80. The zero-order valence-electron chi connectivity index (χ0n) is 15.4. The molecule has 4 rings (SSSR count). The summed E-state index contributed by atoms with van der Waals surface area (Å²) in [5.41, 5.74) is 1.50. The third-order valence-electron chi connectivity index (χ3n) is 5.85. The number of rotatable bonds is 4. The molecule has 26 heavy (non-hydrogen) atoms. The van der Waals surface area contributed by atoms with E-state index in [-0.39, 0.29) is 24.8 Å². The SMILES string of the molecule is COc1ccc([C@H](C2CCCC2)N2CCNCC2)c2ccccc12.Cl.Cl. The Kier molecular flexibility index (Phi) is 8.03. The molecule has 1 saturated carbocycles. The molecule has 1 aliphatic carbocycles. The van der Waals surface area contributed by atoms with E-state index in [2.05, 4.69) is 46.6 Å². The van der Waals surface area contributed by atoms with Crippen LogP contribution in [0.4, 0.5) is 0 Å². The van der Waals surface area contributed by atoms with E-state index in [1.165, 1.54) is 42.0 Å². The van der Waals surface area contributed by atoms with Crippen LogP contribution in [0.1, 0.15) is 37.3 Å². The zero-order valence-corrected chi connectivity index (χ0v) is 17.1. The number of nitrogens with one attached hydrogen (secondary N) is 1. The summed E-state index contributed by atoms with van der Waals surface area (Å²) in [5, 5.41) is 6.12. The fourth-order valence-corrected chi connectivity index (χ4v) is 4.71. The number of halogens is 2. The highest BCUT2D eigenvalue weighted by Crippen LogP contribution is 2.43. The molecular formula is C21H30Cl2N2O. The van der Waals surface area contributed by atoms with E-state index >= 15 is 0 Å². The average molecular weight is 397 g/mol. The van der Waals surface area contributed by atoms with E-state index in [1.807, 2.05) is 0 Å². The van der Waals surface area contributed by atoms with Crippen molar-refractivity contribution in [2.75, 3.05) is 33.3 Å². The van der Waals surface area contributed by atoms with Crippen LogP contribution in [-0.4, -0.2) is 38.2 Å². The summed E-state index contributed by atoms with van der Waals surface area (Å²) >= 11 is 0. The maximum Gasteiger partial charge on any atom is 0.126 e. The van der Waals surface area contributed by atoms with Gasteiger partial charge in [0.15, 0.2) is 0 Å². The largest absolute Gasteiger partial charge is 0.496 e. The molecule has 144 valence electrons. The van der Waals surface area contributed by atoms with Gasteiger partial charge in [0.05, 0.1) is 7.11 Å². The molecule has 1 atom stereocenters. The molecule has 0 amide bonds. The third-order valence-corrected chi connectivity index (χ3v) is 5.85. The van der Waals surface area contributed by atoms with Gasteiger partial charge in [-0.2, -0.15) is 0 Å². The Morgan fingerprint density at radius 1 is 0.962 bits per heavy atom. The van der Waals surface area contributed by atoms with Crippen LogP contribution in [0, 0.1) is 5.92 Å². The molecular weight excluding hydrogens is 367 g/mol. The Bertz CT molecular complexity index is 697.